The lowest BCUT2D eigenvalue weighted by atomic mass is 10.2. The molecule has 1 N–H and O–H groups in total. The van der Waals surface area contributed by atoms with Crippen molar-refractivity contribution in [2.75, 3.05) is 32.3 Å². The number of esters is 1. The summed E-state index contributed by atoms with van der Waals surface area (Å²) in [7, 11) is 2.82. The number of benzene rings is 2. The molecule has 0 spiro atoms. The number of hydrogen-bond acceptors (Lipinski definition) is 7. The number of carbonyl (C=O) groups is 2. The Hall–Kier alpha value is -3.83. The van der Waals surface area contributed by atoms with E-state index >= 15 is 0 Å². The Bertz CT molecular complexity index is 1170. The SMILES string of the molecule is CCOC(=O)c1ccc(N(CC(OC)OC)C(=O)c2cc3cc(F)cc([N+](=O)[O-])c3[nH]2)cc1. The van der Waals surface area contributed by atoms with Gasteiger partial charge in [-0.25, -0.2) is 9.18 Å². The Morgan fingerprint density at radius 3 is 2.39 bits per heavy atom. The van der Waals surface area contributed by atoms with Gasteiger partial charge in [0.2, 0.25) is 0 Å². The van der Waals surface area contributed by atoms with Gasteiger partial charge >= 0.3 is 5.97 Å². The van der Waals surface area contributed by atoms with E-state index < -0.39 is 34.6 Å². The van der Waals surface area contributed by atoms with Gasteiger partial charge in [0.1, 0.15) is 17.0 Å². The van der Waals surface area contributed by atoms with Gasteiger partial charge < -0.3 is 24.1 Å². The first-order valence-electron chi connectivity index (χ1n) is 9.90. The number of H-pyrrole nitrogens is 1. The summed E-state index contributed by atoms with van der Waals surface area (Å²) in [5.74, 6) is -1.86. The maximum Gasteiger partial charge on any atom is 0.338 e. The quantitative estimate of drug-likeness (QED) is 0.224. The Balaban J connectivity index is 2.02. The Labute approximate surface area is 188 Å². The van der Waals surface area contributed by atoms with Gasteiger partial charge in [0, 0.05) is 25.3 Å². The maximum absolute atomic E-state index is 13.8. The number of aromatic amines is 1. The van der Waals surface area contributed by atoms with Crippen LogP contribution in [0.4, 0.5) is 15.8 Å². The van der Waals surface area contributed by atoms with E-state index in [9.17, 15) is 24.1 Å². The predicted octanol–water partition coefficient (Wildman–Crippen LogP) is 3.66. The number of nitro groups is 1. The van der Waals surface area contributed by atoms with Gasteiger partial charge in [-0.2, -0.15) is 0 Å². The van der Waals surface area contributed by atoms with Crippen molar-refractivity contribution in [1.29, 1.82) is 0 Å². The third-order valence-electron chi connectivity index (χ3n) is 4.89. The first-order chi connectivity index (χ1) is 15.8. The van der Waals surface area contributed by atoms with Crippen LogP contribution in [0.5, 0.6) is 0 Å². The molecule has 11 heteroatoms. The highest BCUT2D eigenvalue weighted by atomic mass is 19.1. The van der Waals surface area contributed by atoms with Crippen molar-refractivity contribution in [2.45, 2.75) is 13.2 Å². The molecule has 10 nitrogen and oxygen atoms in total. The summed E-state index contributed by atoms with van der Waals surface area (Å²) in [6.45, 7) is 1.89. The number of anilines is 1. The molecular weight excluding hydrogens is 437 g/mol. The number of non-ortho nitro benzene ring substituents is 1. The molecule has 1 aromatic heterocycles. The molecular formula is C22H22FN3O7. The number of hydrogen-bond donors (Lipinski definition) is 1. The fourth-order valence-electron chi connectivity index (χ4n) is 3.29. The number of methoxy groups -OCH3 is 2. The van der Waals surface area contributed by atoms with Crippen molar-refractivity contribution in [3.8, 4) is 0 Å². The number of carbonyl (C=O) groups excluding carboxylic acids is 2. The van der Waals surface area contributed by atoms with Crippen LogP contribution < -0.4 is 4.90 Å². The molecule has 0 aliphatic heterocycles. The maximum atomic E-state index is 13.8. The second-order valence-corrected chi connectivity index (χ2v) is 6.91. The molecule has 174 valence electrons. The molecule has 0 aliphatic carbocycles. The van der Waals surface area contributed by atoms with Crippen LogP contribution in [0.2, 0.25) is 0 Å². The topological polar surface area (TPSA) is 124 Å². The molecule has 0 bridgehead atoms. The number of halogens is 1. The molecule has 3 rings (SSSR count). The van der Waals surface area contributed by atoms with E-state index in [1.54, 1.807) is 19.1 Å². The summed E-state index contributed by atoms with van der Waals surface area (Å²) in [5.41, 5.74) is 0.254. The average Bonchev–Trinajstić information content (AvgIpc) is 3.23. The summed E-state index contributed by atoms with van der Waals surface area (Å²) in [5, 5.41) is 11.5. The second kappa shape index (κ2) is 10.2. The van der Waals surface area contributed by atoms with Crippen LogP contribution >= 0.6 is 0 Å². The number of aromatic nitrogens is 1. The largest absolute Gasteiger partial charge is 0.462 e. The Kier molecular flexibility index (Phi) is 7.36. The predicted molar refractivity (Wildman–Crippen MR) is 117 cm³/mol. The van der Waals surface area contributed by atoms with Gasteiger partial charge in [-0.15, -0.1) is 0 Å². The van der Waals surface area contributed by atoms with Crippen molar-refractivity contribution in [2.24, 2.45) is 0 Å². The van der Waals surface area contributed by atoms with Crippen molar-refractivity contribution < 1.29 is 33.1 Å². The van der Waals surface area contributed by atoms with Crippen LogP contribution in [0.1, 0.15) is 27.8 Å². The van der Waals surface area contributed by atoms with Crippen molar-refractivity contribution in [3.63, 3.8) is 0 Å². The highest BCUT2D eigenvalue weighted by Crippen LogP contribution is 2.28. The van der Waals surface area contributed by atoms with Crippen LogP contribution in [0, 0.1) is 15.9 Å². The molecule has 33 heavy (non-hydrogen) atoms. The minimum absolute atomic E-state index is 0.000810. The van der Waals surface area contributed by atoms with Crippen LogP contribution in [-0.2, 0) is 14.2 Å². The summed E-state index contributed by atoms with van der Waals surface area (Å²) < 4.78 is 29.2. The normalized spacial score (nSPS) is 11.1. The fraction of sp³-hybridized carbons (Fsp3) is 0.273. The third kappa shape index (κ3) is 5.16. The van der Waals surface area contributed by atoms with Crippen molar-refractivity contribution in [3.05, 3.63) is 69.7 Å². The van der Waals surface area contributed by atoms with Crippen LogP contribution in [-0.4, -0.2) is 55.4 Å². The second-order valence-electron chi connectivity index (χ2n) is 6.91. The number of fused-ring (bicyclic) bond motifs is 1. The molecule has 0 saturated heterocycles. The van der Waals surface area contributed by atoms with Gasteiger partial charge in [-0.3, -0.25) is 14.9 Å². The van der Waals surface area contributed by atoms with Crippen molar-refractivity contribution in [1.82, 2.24) is 4.98 Å². The summed E-state index contributed by atoms with van der Waals surface area (Å²) in [6.07, 6.45) is -0.783. The van der Waals surface area contributed by atoms with E-state index in [-0.39, 0.29) is 29.7 Å². The van der Waals surface area contributed by atoms with E-state index in [1.165, 1.54) is 37.3 Å². The van der Waals surface area contributed by atoms with E-state index in [0.29, 0.717) is 11.3 Å². The molecule has 0 aliphatic rings. The van der Waals surface area contributed by atoms with Crippen LogP contribution in [0.25, 0.3) is 10.9 Å². The molecule has 2 aromatic carbocycles. The van der Waals surface area contributed by atoms with Crippen LogP contribution in [0.3, 0.4) is 0 Å². The number of nitrogens with one attached hydrogen (secondary N) is 1. The highest BCUT2D eigenvalue weighted by Gasteiger charge is 2.26. The Morgan fingerprint density at radius 2 is 1.82 bits per heavy atom. The van der Waals surface area contributed by atoms with Gasteiger partial charge in [-0.1, -0.05) is 0 Å². The summed E-state index contributed by atoms with van der Waals surface area (Å²) in [6, 6.07) is 9.34. The standard InChI is InChI=1S/C22H22FN3O7/c1-4-33-22(28)13-5-7-16(8-6-13)25(12-19(31-2)32-3)21(27)17-10-14-9-15(23)11-18(26(29)30)20(14)24-17/h5-11,19,24H,4,12H2,1-3H3. The first-order valence-corrected chi connectivity index (χ1v) is 9.90. The van der Waals surface area contributed by atoms with Gasteiger partial charge in [0.25, 0.3) is 11.6 Å². The summed E-state index contributed by atoms with van der Waals surface area (Å²) in [4.78, 5) is 40.0. The fourth-order valence-corrected chi connectivity index (χ4v) is 3.29. The third-order valence-corrected chi connectivity index (χ3v) is 4.89. The molecule has 0 saturated carbocycles. The number of ether oxygens (including phenoxy) is 3. The van der Waals surface area contributed by atoms with Gasteiger partial charge in [0.05, 0.1) is 29.7 Å². The van der Waals surface area contributed by atoms with E-state index in [0.717, 1.165) is 12.1 Å². The first kappa shape index (κ1) is 23.8. The monoisotopic (exact) mass is 459 g/mol. The van der Waals surface area contributed by atoms with E-state index in [1.807, 2.05) is 0 Å². The molecule has 0 atom stereocenters. The van der Waals surface area contributed by atoms with E-state index in [4.69, 9.17) is 14.2 Å². The molecule has 0 fully saturated rings. The highest BCUT2D eigenvalue weighted by molar-refractivity contribution is 6.08. The van der Waals surface area contributed by atoms with Gasteiger partial charge in [0.15, 0.2) is 6.29 Å². The minimum Gasteiger partial charge on any atom is -0.462 e. The molecule has 1 heterocycles. The molecule has 0 radical (unpaired) electrons. The number of amides is 1. The average molecular weight is 459 g/mol. The van der Waals surface area contributed by atoms with E-state index in [2.05, 4.69) is 4.98 Å². The van der Waals surface area contributed by atoms with Crippen molar-refractivity contribution >= 4 is 34.2 Å². The number of nitrogens with zero attached hydrogens (tertiary/aromatic N) is 2. The number of rotatable bonds is 9. The number of nitro benzene ring substituents is 1. The van der Waals surface area contributed by atoms with Gasteiger partial charge in [-0.05, 0) is 43.3 Å². The smallest absolute Gasteiger partial charge is 0.338 e. The summed E-state index contributed by atoms with van der Waals surface area (Å²) >= 11 is 0. The minimum atomic E-state index is -0.794. The molecule has 3 aromatic rings. The lowest BCUT2D eigenvalue weighted by molar-refractivity contribution is -0.383. The van der Waals surface area contributed by atoms with Crippen LogP contribution in [0.15, 0.2) is 42.5 Å². The zero-order valence-electron chi connectivity index (χ0n) is 18.2. The molecule has 1 amide bonds. The zero-order valence-corrected chi connectivity index (χ0v) is 18.2. The Morgan fingerprint density at radius 1 is 1.15 bits per heavy atom. The lowest BCUT2D eigenvalue weighted by Gasteiger charge is -2.26. The zero-order chi connectivity index (χ0) is 24.1. The molecule has 0 unspecified atom stereocenters. The lowest BCUT2D eigenvalue weighted by Crippen LogP contribution is -2.39.